The molecule has 2 aliphatic rings. The van der Waals surface area contributed by atoms with Gasteiger partial charge in [0, 0.05) is 61.4 Å². The van der Waals surface area contributed by atoms with Crippen molar-refractivity contribution in [3.8, 4) is 16.8 Å². The Morgan fingerprint density at radius 2 is 0.635 bits per heavy atom. The Bertz CT molecular complexity index is 5820. The van der Waals surface area contributed by atoms with Gasteiger partial charge in [0.05, 0.1) is 11.0 Å². The second-order valence-corrected chi connectivity index (χ2v) is 32.1. The minimum absolute atomic E-state index is 0.156. The van der Waals surface area contributed by atoms with Crippen LogP contribution in [0.2, 0.25) is 0 Å². The molecular weight excluding hydrogens is 1160 g/mol. The first kappa shape index (κ1) is 57.1. The molecule has 19 rings (SSSR count). The van der Waals surface area contributed by atoms with Crippen molar-refractivity contribution < 1.29 is 0 Å². The van der Waals surface area contributed by atoms with Crippen LogP contribution in [-0.4, -0.2) is 11.3 Å². The van der Waals surface area contributed by atoms with Gasteiger partial charge in [-0.3, -0.25) is 0 Å². The Morgan fingerprint density at radius 1 is 0.260 bits per heavy atom. The lowest BCUT2D eigenvalue weighted by atomic mass is 9.33. The van der Waals surface area contributed by atoms with E-state index in [1.165, 1.54) is 192 Å². The molecule has 0 atom stereocenters. The van der Waals surface area contributed by atoms with Crippen molar-refractivity contribution in [2.45, 2.75) is 105 Å². The van der Waals surface area contributed by atoms with Gasteiger partial charge >= 0.3 is 0 Å². The maximum Gasteiger partial charge on any atom is 0.252 e. The lowest BCUT2D eigenvalue weighted by Gasteiger charge is -2.46. The molecule has 462 valence electrons. The third-order valence-electron chi connectivity index (χ3n) is 22.1. The summed E-state index contributed by atoms with van der Waals surface area (Å²) in [5.41, 5.74) is 21.7. The van der Waals surface area contributed by atoms with Gasteiger partial charge in [0.2, 0.25) is 0 Å². The summed E-state index contributed by atoms with van der Waals surface area (Å²) in [5, 5.41) is 23.1. The zero-order valence-corrected chi connectivity index (χ0v) is 57.0. The van der Waals surface area contributed by atoms with Crippen molar-refractivity contribution in [2.24, 2.45) is 0 Å². The van der Waals surface area contributed by atoms with Gasteiger partial charge in [-0.1, -0.05) is 259 Å². The maximum atomic E-state index is 2.76. The monoisotopic (exact) mass is 1230 g/mol. The molecule has 0 bridgehead atoms. The van der Waals surface area contributed by atoms with Gasteiger partial charge in [-0.2, -0.15) is 0 Å². The summed E-state index contributed by atoms with van der Waals surface area (Å²) in [6, 6.07) is 95.1. The van der Waals surface area contributed by atoms with Crippen molar-refractivity contribution in [1.82, 2.24) is 4.57 Å². The van der Waals surface area contributed by atoms with Crippen LogP contribution in [0, 0.1) is 0 Å². The summed E-state index contributed by atoms with van der Waals surface area (Å²) in [4.78, 5) is 5.52. The van der Waals surface area contributed by atoms with E-state index in [2.05, 4.69) is 340 Å². The summed E-state index contributed by atoms with van der Waals surface area (Å²) in [7, 11) is 0. The molecule has 0 amide bonds. The van der Waals surface area contributed by atoms with Gasteiger partial charge in [0.15, 0.2) is 0 Å². The number of hydrogen-bond acceptors (Lipinski definition) is 2. The average Bonchev–Trinajstić information content (AvgIpc) is 0.737. The van der Waals surface area contributed by atoms with Gasteiger partial charge in [0.25, 0.3) is 6.71 Å². The van der Waals surface area contributed by atoms with Crippen LogP contribution in [0.4, 0.5) is 34.1 Å². The molecule has 0 radical (unpaired) electrons. The van der Waals surface area contributed by atoms with Gasteiger partial charge in [-0.25, -0.2) is 0 Å². The highest BCUT2D eigenvalue weighted by Crippen LogP contribution is 2.55. The van der Waals surface area contributed by atoms with Crippen LogP contribution in [0.3, 0.4) is 0 Å². The van der Waals surface area contributed by atoms with Crippen LogP contribution in [0.15, 0.2) is 243 Å². The van der Waals surface area contributed by atoms with E-state index in [4.69, 9.17) is 0 Å². The second kappa shape index (κ2) is 19.6. The van der Waals surface area contributed by atoms with Crippen molar-refractivity contribution >= 4 is 165 Å². The van der Waals surface area contributed by atoms with Crippen LogP contribution in [0.25, 0.3) is 125 Å². The molecule has 0 N–H and O–H groups in total. The fraction of sp³-hybridized carbons (Fsp3) is 0.174. The zero-order valence-electron chi connectivity index (χ0n) is 57.0. The average molecular weight is 1230 g/mol. The second-order valence-electron chi connectivity index (χ2n) is 32.1. The van der Waals surface area contributed by atoms with E-state index in [-0.39, 0.29) is 28.4 Å². The molecule has 0 unspecified atom stereocenters. The SMILES string of the molecule is CC(C)(C)c1cc(N2c3cc(-c4ccc5c(c4)c4ccccc4n5-c4ccccc4)cc4c3B(c3cc5c6cccc7cccc(c8cccc(c32)c85)c76)c2cc3c5cccc6cccc(c7cccc(c2N4c2cc(C(C)(C)C)cc(C(C)(C)C)c2)c73)c65)cc(C(C)(C)C)c1. The van der Waals surface area contributed by atoms with Gasteiger partial charge in [0.1, 0.15) is 0 Å². The molecule has 1 aromatic heterocycles. The third-order valence-corrected chi connectivity index (χ3v) is 22.1. The Morgan fingerprint density at radius 3 is 1.08 bits per heavy atom. The number of benzene rings is 16. The number of para-hydroxylation sites is 2. The quantitative estimate of drug-likeness (QED) is 0.0988. The predicted octanol–water partition coefficient (Wildman–Crippen LogP) is 23.8. The normalized spacial score (nSPS) is 13.8. The number of rotatable bonds is 4. The van der Waals surface area contributed by atoms with Crippen LogP contribution >= 0.6 is 0 Å². The van der Waals surface area contributed by atoms with E-state index in [1.54, 1.807) is 0 Å². The van der Waals surface area contributed by atoms with Crippen molar-refractivity contribution in [3.05, 3.63) is 265 Å². The van der Waals surface area contributed by atoms with Gasteiger partial charge in [-0.05, 0) is 214 Å². The molecule has 3 nitrogen and oxygen atoms in total. The van der Waals surface area contributed by atoms with E-state index in [9.17, 15) is 0 Å². The van der Waals surface area contributed by atoms with Gasteiger partial charge in [-0.15, -0.1) is 0 Å². The first-order chi connectivity index (χ1) is 46.2. The molecule has 17 aromatic rings. The van der Waals surface area contributed by atoms with E-state index in [0.717, 1.165) is 5.69 Å². The van der Waals surface area contributed by atoms with Crippen molar-refractivity contribution in [2.75, 3.05) is 9.80 Å². The standard InChI is InChI=1S/C92H76BN3/c1-89(2,3)57-45-58(90(4,5)6)48-62(47-57)95-80-43-56(55-40-41-79-73(42-55)64-30-16-17-39-78(64)94(79)61-28-14-13-15-29-61)44-81-86(80)93(76-51-74-69-33-20-26-53-24-18-31-65(82(53)69)67-35-22-37-71(84(67)74)87(76)95)77-52-75-70-34-21-27-54-25-19-32-66(83(54)70)68-36-23-38-72(85(68)75)88(77)96(81)63-49-59(91(7,8)9)46-60(50-63)92(10,11)12/h13-52H,1-12H3. The van der Waals surface area contributed by atoms with E-state index >= 15 is 0 Å². The number of aromatic nitrogens is 1. The minimum atomic E-state index is -0.213. The minimum Gasteiger partial charge on any atom is -0.311 e. The third kappa shape index (κ3) is 8.08. The summed E-state index contributed by atoms with van der Waals surface area (Å²) in [5.74, 6) is 0. The molecule has 0 fully saturated rings. The molecule has 16 aromatic carbocycles. The predicted molar refractivity (Wildman–Crippen MR) is 417 cm³/mol. The molecule has 4 heteroatoms. The largest absolute Gasteiger partial charge is 0.311 e. The first-order valence-corrected chi connectivity index (χ1v) is 34.6. The Kier molecular flexibility index (Phi) is 11.7. The summed E-state index contributed by atoms with van der Waals surface area (Å²) >= 11 is 0. The Balaban J connectivity index is 1.04. The van der Waals surface area contributed by atoms with E-state index in [1.807, 2.05) is 0 Å². The van der Waals surface area contributed by atoms with Gasteiger partial charge < -0.3 is 14.4 Å². The number of fused-ring (bicyclic) bond motifs is 13. The highest BCUT2D eigenvalue weighted by Gasteiger charge is 2.47. The molecule has 2 aliphatic heterocycles. The van der Waals surface area contributed by atoms with Crippen LogP contribution in [0.5, 0.6) is 0 Å². The van der Waals surface area contributed by atoms with Crippen molar-refractivity contribution in [3.63, 3.8) is 0 Å². The number of hydrogen-bond donors (Lipinski definition) is 0. The first-order valence-electron chi connectivity index (χ1n) is 34.6. The topological polar surface area (TPSA) is 11.4 Å². The fourth-order valence-corrected chi connectivity index (χ4v) is 17.3. The van der Waals surface area contributed by atoms with Crippen LogP contribution < -0.4 is 26.2 Å². The summed E-state index contributed by atoms with van der Waals surface area (Å²) < 4.78 is 2.44. The molecule has 0 aliphatic carbocycles. The highest BCUT2D eigenvalue weighted by molar-refractivity contribution is 7.01. The zero-order chi connectivity index (χ0) is 65.4. The van der Waals surface area contributed by atoms with Crippen LogP contribution in [-0.2, 0) is 21.7 Å². The lowest BCUT2D eigenvalue weighted by Crippen LogP contribution is -2.61. The lowest BCUT2D eigenvalue weighted by molar-refractivity contribution is 0.568. The molecular formula is C92H76BN3. The van der Waals surface area contributed by atoms with Crippen LogP contribution in [0.1, 0.15) is 105 Å². The Hall–Kier alpha value is -10.4. The molecule has 0 saturated carbocycles. The highest BCUT2D eigenvalue weighted by atomic mass is 15.2. The van der Waals surface area contributed by atoms with E-state index in [0.29, 0.717) is 0 Å². The molecule has 96 heavy (non-hydrogen) atoms. The molecule has 0 saturated heterocycles. The van der Waals surface area contributed by atoms with E-state index < -0.39 is 0 Å². The number of anilines is 6. The number of nitrogens with zero attached hydrogens (tertiary/aromatic N) is 3. The summed E-state index contributed by atoms with van der Waals surface area (Å²) in [6.07, 6.45) is 0. The molecule has 0 spiro atoms. The fourth-order valence-electron chi connectivity index (χ4n) is 17.3. The molecule has 3 heterocycles. The smallest absolute Gasteiger partial charge is 0.252 e. The maximum absolute atomic E-state index is 2.76. The Labute approximate surface area is 562 Å². The van der Waals surface area contributed by atoms with Crippen molar-refractivity contribution in [1.29, 1.82) is 0 Å². The summed E-state index contributed by atoms with van der Waals surface area (Å²) in [6.45, 7) is 28.4.